The summed E-state index contributed by atoms with van der Waals surface area (Å²) in [7, 11) is 1.79. The van der Waals surface area contributed by atoms with E-state index >= 15 is 0 Å². The van der Waals surface area contributed by atoms with Gasteiger partial charge in [0.05, 0.1) is 11.3 Å². The summed E-state index contributed by atoms with van der Waals surface area (Å²) >= 11 is 0. The minimum Gasteiger partial charge on any atom is -0.387 e. The molecule has 0 amide bonds. The molecule has 0 bridgehead atoms. The molecule has 2 N–H and O–H groups in total. The van der Waals surface area contributed by atoms with Crippen molar-refractivity contribution in [1.29, 1.82) is 0 Å². The first kappa shape index (κ1) is 11.6. The van der Waals surface area contributed by atoms with E-state index in [1.54, 1.807) is 24.0 Å². The smallest absolute Gasteiger partial charge is 0.124 e. The van der Waals surface area contributed by atoms with Gasteiger partial charge in [0.15, 0.2) is 0 Å². The van der Waals surface area contributed by atoms with Gasteiger partial charge in [-0.25, -0.2) is 0 Å². The molecule has 4 heteroatoms. The standard InChI is InChI=1S/C12H20N2O2/c1-14-10(6-9-13-14)11(15)12(16)7-4-2-3-5-8-12/h6,9,11,15-16H,2-5,7-8H2,1H3. The average Bonchev–Trinajstić information content (AvgIpc) is 2.55. The van der Waals surface area contributed by atoms with Crippen LogP contribution in [0.15, 0.2) is 12.3 Å². The summed E-state index contributed by atoms with van der Waals surface area (Å²) in [6.07, 6.45) is 6.48. The highest BCUT2D eigenvalue weighted by Crippen LogP contribution is 2.37. The number of aliphatic hydroxyl groups is 2. The molecule has 1 unspecified atom stereocenters. The van der Waals surface area contributed by atoms with Crippen LogP contribution >= 0.6 is 0 Å². The number of rotatable bonds is 2. The van der Waals surface area contributed by atoms with Crippen molar-refractivity contribution in [2.45, 2.75) is 50.2 Å². The molecular weight excluding hydrogens is 204 g/mol. The normalized spacial score (nSPS) is 22.7. The van der Waals surface area contributed by atoms with Crippen LogP contribution in [0.5, 0.6) is 0 Å². The third kappa shape index (κ3) is 2.13. The molecule has 1 aromatic rings. The largest absolute Gasteiger partial charge is 0.387 e. The molecule has 0 aromatic carbocycles. The van der Waals surface area contributed by atoms with Crippen LogP contribution < -0.4 is 0 Å². The van der Waals surface area contributed by atoms with Gasteiger partial charge in [0.1, 0.15) is 6.10 Å². The second kappa shape index (κ2) is 4.55. The Hall–Kier alpha value is -0.870. The van der Waals surface area contributed by atoms with Gasteiger partial charge in [-0.3, -0.25) is 4.68 Å². The van der Waals surface area contributed by atoms with E-state index < -0.39 is 11.7 Å². The molecule has 0 radical (unpaired) electrons. The first-order valence-electron chi connectivity index (χ1n) is 6.02. The molecule has 0 spiro atoms. The molecular formula is C12H20N2O2. The lowest BCUT2D eigenvalue weighted by molar-refractivity contribution is -0.0898. The van der Waals surface area contributed by atoms with Gasteiger partial charge in [0.25, 0.3) is 0 Å². The Morgan fingerprint density at radius 3 is 2.44 bits per heavy atom. The summed E-state index contributed by atoms with van der Waals surface area (Å²) in [6.45, 7) is 0. The summed E-state index contributed by atoms with van der Waals surface area (Å²) in [4.78, 5) is 0. The highest BCUT2D eigenvalue weighted by Gasteiger charge is 2.37. The van der Waals surface area contributed by atoms with E-state index in [1.165, 1.54) is 0 Å². The molecule has 1 aromatic heterocycles. The minimum absolute atomic E-state index is 0.680. The Labute approximate surface area is 95.9 Å². The van der Waals surface area contributed by atoms with Gasteiger partial charge >= 0.3 is 0 Å². The maximum absolute atomic E-state index is 10.5. The molecule has 1 aliphatic rings. The van der Waals surface area contributed by atoms with E-state index in [2.05, 4.69) is 5.10 Å². The predicted molar refractivity (Wildman–Crippen MR) is 60.8 cm³/mol. The van der Waals surface area contributed by atoms with E-state index in [0.29, 0.717) is 18.5 Å². The van der Waals surface area contributed by atoms with E-state index in [9.17, 15) is 10.2 Å². The monoisotopic (exact) mass is 224 g/mol. The van der Waals surface area contributed by atoms with Gasteiger partial charge in [-0.1, -0.05) is 25.7 Å². The fraction of sp³-hybridized carbons (Fsp3) is 0.750. The van der Waals surface area contributed by atoms with E-state index in [4.69, 9.17) is 0 Å². The van der Waals surface area contributed by atoms with E-state index in [1.807, 2.05) is 0 Å². The van der Waals surface area contributed by atoms with Crippen molar-refractivity contribution in [3.8, 4) is 0 Å². The molecule has 2 rings (SSSR count). The molecule has 16 heavy (non-hydrogen) atoms. The van der Waals surface area contributed by atoms with Gasteiger partial charge in [-0.05, 0) is 18.9 Å². The molecule has 0 aliphatic heterocycles. The first-order chi connectivity index (χ1) is 7.63. The fourth-order valence-electron chi connectivity index (χ4n) is 2.54. The van der Waals surface area contributed by atoms with Crippen molar-refractivity contribution in [2.75, 3.05) is 0 Å². The Kier molecular flexibility index (Phi) is 3.30. The summed E-state index contributed by atoms with van der Waals surface area (Å²) in [5, 5.41) is 24.8. The highest BCUT2D eigenvalue weighted by molar-refractivity contribution is 5.10. The van der Waals surface area contributed by atoms with E-state index in [0.717, 1.165) is 25.7 Å². The topological polar surface area (TPSA) is 58.3 Å². The van der Waals surface area contributed by atoms with Crippen LogP contribution in [0.2, 0.25) is 0 Å². The Morgan fingerprint density at radius 1 is 1.31 bits per heavy atom. The summed E-state index contributed by atoms with van der Waals surface area (Å²) in [5.41, 5.74) is -0.269. The summed E-state index contributed by atoms with van der Waals surface area (Å²) < 4.78 is 1.63. The van der Waals surface area contributed by atoms with Crippen LogP contribution in [0.3, 0.4) is 0 Å². The minimum atomic E-state index is -0.968. The number of aliphatic hydroxyl groups excluding tert-OH is 1. The Morgan fingerprint density at radius 2 is 1.94 bits per heavy atom. The van der Waals surface area contributed by atoms with Crippen LogP contribution in [0.4, 0.5) is 0 Å². The van der Waals surface area contributed by atoms with Crippen LogP contribution in [0.1, 0.15) is 50.3 Å². The maximum Gasteiger partial charge on any atom is 0.124 e. The zero-order valence-electron chi connectivity index (χ0n) is 9.76. The van der Waals surface area contributed by atoms with E-state index in [-0.39, 0.29) is 0 Å². The van der Waals surface area contributed by atoms with Crippen molar-refractivity contribution in [3.63, 3.8) is 0 Å². The van der Waals surface area contributed by atoms with Crippen LogP contribution in [-0.4, -0.2) is 25.6 Å². The van der Waals surface area contributed by atoms with Crippen molar-refractivity contribution in [3.05, 3.63) is 18.0 Å². The van der Waals surface area contributed by atoms with Crippen LogP contribution in [-0.2, 0) is 7.05 Å². The van der Waals surface area contributed by atoms with Crippen molar-refractivity contribution < 1.29 is 10.2 Å². The third-order valence-corrected chi connectivity index (χ3v) is 3.62. The van der Waals surface area contributed by atoms with Crippen molar-refractivity contribution in [2.24, 2.45) is 7.05 Å². The second-order valence-electron chi connectivity index (χ2n) is 4.80. The number of aromatic nitrogens is 2. The van der Waals surface area contributed by atoms with Gasteiger partial charge in [-0.15, -0.1) is 0 Å². The third-order valence-electron chi connectivity index (χ3n) is 3.62. The van der Waals surface area contributed by atoms with Gasteiger partial charge in [0.2, 0.25) is 0 Å². The molecule has 4 nitrogen and oxygen atoms in total. The zero-order chi connectivity index (χ0) is 11.6. The number of aryl methyl sites for hydroxylation is 1. The van der Waals surface area contributed by atoms with Gasteiger partial charge in [0, 0.05) is 13.2 Å². The Bertz CT molecular complexity index is 341. The number of hydrogen-bond donors (Lipinski definition) is 2. The lowest BCUT2D eigenvalue weighted by Gasteiger charge is -2.32. The second-order valence-corrected chi connectivity index (χ2v) is 4.80. The molecule has 1 saturated carbocycles. The number of hydrogen-bond acceptors (Lipinski definition) is 3. The zero-order valence-corrected chi connectivity index (χ0v) is 9.76. The molecule has 90 valence electrons. The molecule has 0 saturated heterocycles. The molecule has 1 heterocycles. The molecule has 1 fully saturated rings. The Balaban J connectivity index is 2.18. The highest BCUT2D eigenvalue weighted by atomic mass is 16.3. The van der Waals surface area contributed by atoms with Crippen LogP contribution in [0.25, 0.3) is 0 Å². The average molecular weight is 224 g/mol. The first-order valence-corrected chi connectivity index (χ1v) is 6.02. The summed E-state index contributed by atoms with van der Waals surface area (Å²) in [5.74, 6) is 0. The lowest BCUT2D eigenvalue weighted by atomic mass is 9.86. The fourth-order valence-corrected chi connectivity index (χ4v) is 2.54. The lowest BCUT2D eigenvalue weighted by Crippen LogP contribution is -2.36. The van der Waals surface area contributed by atoms with Crippen molar-refractivity contribution >= 4 is 0 Å². The quantitative estimate of drug-likeness (QED) is 0.749. The predicted octanol–water partition coefficient (Wildman–Crippen LogP) is 1.54. The SMILES string of the molecule is Cn1nccc1C(O)C1(O)CCCCCC1. The molecule has 1 aliphatic carbocycles. The number of nitrogens with zero attached hydrogens (tertiary/aromatic N) is 2. The van der Waals surface area contributed by atoms with Gasteiger partial charge < -0.3 is 10.2 Å². The maximum atomic E-state index is 10.5. The van der Waals surface area contributed by atoms with Gasteiger partial charge in [-0.2, -0.15) is 5.10 Å². The van der Waals surface area contributed by atoms with Crippen molar-refractivity contribution in [1.82, 2.24) is 9.78 Å². The molecule has 1 atom stereocenters. The van der Waals surface area contributed by atoms with Crippen LogP contribution in [0, 0.1) is 0 Å². The summed E-state index contributed by atoms with van der Waals surface area (Å²) in [6, 6.07) is 1.77.